The first-order valence-corrected chi connectivity index (χ1v) is 9.67. The zero-order valence-corrected chi connectivity index (χ0v) is 15.6. The zero-order chi connectivity index (χ0) is 16.9. The van der Waals surface area contributed by atoms with E-state index in [0.29, 0.717) is 10.0 Å². The number of nitrogens with zero attached hydrogens (tertiary/aromatic N) is 3. The van der Waals surface area contributed by atoms with Crippen molar-refractivity contribution in [1.29, 1.82) is 0 Å². The number of hydrogen-bond donors (Lipinski definition) is 1. The van der Waals surface area contributed by atoms with E-state index in [-0.39, 0.29) is 6.61 Å². The molecule has 0 radical (unpaired) electrons. The van der Waals surface area contributed by atoms with Crippen LogP contribution in [0, 0.1) is 5.92 Å². The van der Waals surface area contributed by atoms with Gasteiger partial charge in [0.2, 0.25) is 0 Å². The standard InChI is InChI=1S/C18H27Cl2N3O/c19-17-4-3-16(12-18(17)20)23-8-6-22(7-9-23)14-15-2-1-5-21(13-15)10-11-24/h3-4,12,15,24H,1-2,5-11,13-14H2/t15-/m1/s1. The second-order valence-corrected chi connectivity index (χ2v) is 7.73. The van der Waals surface area contributed by atoms with Gasteiger partial charge in [-0.15, -0.1) is 0 Å². The van der Waals surface area contributed by atoms with Gasteiger partial charge in [0.25, 0.3) is 0 Å². The molecule has 2 heterocycles. The van der Waals surface area contributed by atoms with Gasteiger partial charge in [0, 0.05) is 51.5 Å². The highest BCUT2D eigenvalue weighted by atomic mass is 35.5. The minimum atomic E-state index is 0.273. The molecule has 3 rings (SSSR count). The van der Waals surface area contributed by atoms with Crippen molar-refractivity contribution in [2.24, 2.45) is 5.92 Å². The summed E-state index contributed by atoms with van der Waals surface area (Å²) in [6.45, 7) is 8.80. The molecule has 2 fully saturated rings. The molecule has 1 atom stereocenters. The fourth-order valence-electron chi connectivity index (χ4n) is 3.88. The molecule has 0 aliphatic carbocycles. The molecule has 0 spiro atoms. The molecule has 0 unspecified atom stereocenters. The lowest BCUT2D eigenvalue weighted by Crippen LogP contribution is -2.49. The lowest BCUT2D eigenvalue weighted by Gasteiger charge is -2.40. The third kappa shape index (κ3) is 4.77. The third-order valence-electron chi connectivity index (χ3n) is 5.18. The maximum atomic E-state index is 9.12. The Morgan fingerprint density at radius 2 is 1.79 bits per heavy atom. The fraction of sp³-hybridized carbons (Fsp3) is 0.667. The van der Waals surface area contributed by atoms with Crippen LogP contribution in [0.1, 0.15) is 12.8 Å². The van der Waals surface area contributed by atoms with Crippen molar-refractivity contribution >= 4 is 28.9 Å². The number of rotatable bonds is 5. The fourth-order valence-corrected chi connectivity index (χ4v) is 4.17. The van der Waals surface area contributed by atoms with E-state index in [0.717, 1.165) is 57.4 Å². The molecular formula is C18H27Cl2N3O. The number of likely N-dealkylation sites (tertiary alicyclic amines) is 1. The Hall–Kier alpha value is -0.520. The molecule has 1 N–H and O–H groups in total. The lowest BCUT2D eigenvalue weighted by atomic mass is 9.97. The summed E-state index contributed by atoms with van der Waals surface area (Å²) in [5, 5.41) is 10.4. The molecular weight excluding hydrogens is 345 g/mol. The molecule has 6 heteroatoms. The van der Waals surface area contributed by atoms with E-state index in [9.17, 15) is 0 Å². The highest BCUT2D eigenvalue weighted by Crippen LogP contribution is 2.28. The van der Waals surface area contributed by atoms with Crippen LogP contribution < -0.4 is 4.90 Å². The predicted octanol–water partition coefficient (Wildman–Crippen LogP) is 2.82. The summed E-state index contributed by atoms with van der Waals surface area (Å²) >= 11 is 12.1. The topological polar surface area (TPSA) is 30.0 Å². The second kappa shape index (κ2) is 8.72. The van der Waals surface area contributed by atoms with Crippen molar-refractivity contribution in [3.8, 4) is 0 Å². The van der Waals surface area contributed by atoms with Gasteiger partial charge in [0.05, 0.1) is 16.7 Å². The molecule has 1 aromatic rings. The Morgan fingerprint density at radius 1 is 1.00 bits per heavy atom. The number of aliphatic hydroxyl groups excluding tert-OH is 1. The first-order valence-electron chi connectivity index (χ1n) is 8.91. The number of aliphatic hydroxyl groups is 1. The summed E-state index contributed by atoms with van der Waals surface area (Å²) in [5.74, 6) is 0.738. The van der Waals surface area contributed by atoms with E-state index in [1.54, 1.807) is 0 Å². The zero-order valence-electron chi connectivity index (χ0n) is 14.1. The van der Waals surface area contributed by atoms with Gasteiger partial charge in [0.1, 0.15) is 0 Å². The maximum absolute atomic E-state index is 9.12. The first-order chi connectivity index (χ1) is 11.7. The summed E-state index contributed by atoms with van der Waals surface area (Å²) in [5.41, 5.74) is 1.16. The number of piperidine rings is 1. The Labute approximate surface area is 154 Å². The quantitative estimate of drug-likeness (QED) is 0.861. The van der Waals surface area contributed by atoms with Crippen molar-refractivity contribution in [2.45, 2.75) is 12.8 Å². The normalized spacial score (nSPS) is 23.6. The molecule has 2 saturated heterocycles. The maximum Gasteiger partial charge on any atom is 0.0612 e. The molecule has 0 amide bonds. The highest BCUT2D eigenvalue weighted by Gasteiger charge is 2.24. The van der Waals surface area contributed by atoms with Gasteiger partial charge in [-0.25, -0.2) is 0 Å². The van der Waals surface area contributed by atoms with Crippen molar-refractivity contribution < 1.29 is 5.11 Å². The molecule has 2 aliphatic rings. The number of hydrogen-bond acceptors (Lipinski definition) is 4. The van der Waals surface area contributed by atoms with Crippen LogP contribution in [0.3, 0.4) is 0 Å². The molecule has 1 aromatic carbocycles. The van der Waals surface area contributed by atoms with Crippen molar-refractivity contribution in [3.05, 3.63) is 28.2 Å². The summed E-state index contributed by atoms with van der Waals surface area (Å²) < 4.78 is 0. The number of benzene rings is 1. The summed E-state index contributed by atoms with van der Waals surface area (Å²) in [6.07, 6.45) is 2.57. The van der Waals surface area contributed by atoms with Crippen LogP contribution >= 0.6 is 23.2 Å². The summed E-state index contributed by atoms with van der Waals surface area (Å²) in [4.78, 5) is 7.37. The molecule has 4 nitrogen and oxygen atoms in total. The smallest absolute Gasteiger partial charge is 0.0612 e. The van der Waals surface area contributed by atoms with Gasteiger partial charge >= 0.3 is 0 Å². The van der Waals surface area contributed by atoms with Gasteiger partial charge in [-0.05, 0) is 43.5 Å². The Bertz CT molecular complexity index is 533. The Kier molecular flexibility index (Phi) is 6.64. The lowest BCUT2D eigenvalue weighted by molar-refractivity contribution is 0.112. The number of halogens is 2. The van der Waals surface area contributed by atoms with Crippen molar-refractivity contribution in [3.63, 3.8) is 0 Å². The molecule has 0 bridgehead atoms. The van der Waals surface area contributed by atoms with E-state index in [1.165, 1.54) is 19.4 Å². The minimum Gasteiger partial charge on any atom is -0.395 e. The van der Waals surface area contributed by atoms with Crippen molar-refractivity contribution in [2.75, 3.05) is 63.9 Å². The molecule has 2 aliphatic heterocycles. The van der Waals surface area contributed by atoms with Crippen LogP contribution in [-0.2, 0) is 0 Å². The molecule has 24 heavy (non-hydrogen) atoms. The van der Waals surface area contributed by atoms with E-state index in [2.05, 4.69) is 20.8 Å². The van der Waals surface area contributed by atoms with Crippen LogP contribution in [0.25, 0.3) is 0 Å². The predicted molar refractivity (Wildman–Crippen MR) is 101 cm³/mol. The van der Waals surface area contributed by atoms with E-state index in [4.69, 9.17) is 28.3 Å². The highest BCUT2D eigenvalue weighted by molar-refractivity contribution is 6.42. The molecule has 0 saturated carbocycles. The number of piperazine rings is 1. The average Bonchev–Trinajstić information content (AvgIpc) is 2.59. The average molecular weight is 372 g/mol. The van der Waals surface area contributed by atoms with Crippen LogP contribution in [0.2, 0.25) is 10.0 Å². The van der Waals surface area contributed by atoms with Crippen LogP contribution in [0.4, 0.5) is 5.69 Å². The largest absolute Gasteiger partial charge is 0.395 e. The van der Waals surface area contributed by atoms with Gasteiger partial charge < -0.3 is 14.9 Å². The van der Waals surface area contributed by atoms with Crippen molar-refractivity contribution in [1.82, 2.24) is 9.80 Å². The molecule has 0 aromatic heterocycles. The monoisotopic (exact) mass is 371 g/mol. The Morgan fingerprint density at radius 3 is 2.50 bits per heavy atom. The number of β-amino-alcohol motifs (C(OH)–C–C–N with tert-alkyl or cyclic N) is 1. The minimum absolute atomic E-state index is 0.273. The van der Waals surface area contributed by atoms with Crippen LogP contribution in [0.5, 0.6) is 0 Å². The SMILES string of the molecule is OCCN1CCC[C@@H](CN2CCN(c3ccc(Cl)c(Cl)c3)CC2)C1. The molecule has 134 valence electrons. The van der Waals surface area contributed by atoms with E-state index < -0.39 is 0 Å². The Balaban J connectivity index is 1.47. The van der Waals surface area contributed by atoms with Gasteiger partial charge in [0.15, 0.2) is 0 Å². The van der Waals surface area contributed by atoms with Gasteiger partial charge in [-0.1, -0.05) is 23.2 Å². The van der Waals surface area contributed by atoms with Crippen LogP contribution in [-0.4, -0.2) is 73.9 Å². The van der Waals surface area contributed by atoms with E-state index >= 15 is 0 Å². The third-order valence-corrected chi connectivity index (χ3v) is 5.92. The first kappa shape index (κ1) is 18.3. The second-order valence-electron chi connectivity index (χ2n) is 6.92. The van der Waals surface area contributed by atoms with E-state index in [1.807, 2.05) is 12.1 Å². The summed E-state index contributed by atoms with van der Waals surface area (Å²) in [6, 6.07) is 5.90. The number of anilines is 1. The van der Waals surface area contributed by atoms with Crippen LogP contribution in [0.15, 0.2) is 18.2 Å². The van der Waals surface area contributed by atoms with Gasteiger partial charge in [-0.3, -0.25) is 4.90 Å². The van der Waals surface area contributed by atoms with Gasteiger partial charge in [-0.2, -0.15) is 0 Å². The summed E-state index contributed by atoms with van der Waals surface area (Å²) in [7, 11) is 0.